The van der Waals surface area contributed by atoms with Crippen LogP contribution in [0.2, 0.25) is 0 Å². The van der Waals surface area contributed by atoms with Gasteiger partial charge in [-0.1, -0.05) is 11.6 Å². The van der Waals surface area contributed by atoms with Crippen LogP contribution >= 0.6 is 0 Å². The van der Waals surface area contributed by atoms with Gasteiger partial charge in [0, 0.05) is 12.5 Å². The van der Waals surface area contributed by atoms with Crippen LogP contribution in [0.15, 0.2) is 36.4 Å². The summed E-state index contributed by atoms with van der Waals surface area (Å²) < 4.78 is 4.93. The lowest BCUT2D eigenvalue weighted by atomic mass is 10.2. The van der Waals surface area contributed by atoms with E-state index in [4.69, 9.17) is 9.84 Å². The van der Waals surface area contributed by atoms with Crippen LogP contribution in [0, 0.1) is 0 Å². The summed E-state index contributed by atoms with van der Waals surface area (Å²) in [5.41, 5.74) is 1.55. The van der Waals surface area contributed by atoms with Crippen molar-refractivity contribution in [3.8, 4) is 11.5 Å². The first-order valence-electron chi connectivity index (χ1n) is 5.50. The molecule has 18 heavy (non-hydrogen) atoms. The Bertz CT molecular complexity index is 475. The number of aromatic hydroxyl groups is 2. The van der Waals surface area contributed by atoms with Crippen LogP contribution in [-0.2, 0) is 9.53 Å². The molecule has 0 spiro atoms. The van der Waals surface area contributed by atoms with Gasteiger partial charge in [-0.3, -0.25) is 0 Å². The molecule has 0 bridgehead atoms. The van der Waals surface area contributed by atoms with Crippen LogP contribution < -0.4 is 0 Å². The first-order valence-corrected chi connectivity index (χ1v) is 5.50. The number of rotatable bonds is 5. The molecule has 0 unspecified atom stereocenters. The van der Waals surface area contributed by atoms with E-state index in [-0.39, 0.29) is 11.5 Å². The molecule has 0 fully saturated rings. The summed E-state index contributed by atoms with van der Waals surface area (Å²) in [5.74, 6) is -0.882. The molecule has 4 heteroatoms. The molecule has 96 valence electrons. The van der Waals surface area contributed by atoms with Crippen LogP contribution in [0.3, 0.4) is 0 Å². The number of hydrogen-bond acceptors (Lipinski definition) is 4. The van der Waals surface area contributed by atoms with E-state index in [0.29, 0.717) is 18.6 Å². The van der Waals surface area contributed by atoms with Crippen LogP contribution in [0.5, 0.6) is 11.5 Å². The third-order valence-corrected chi connectivity index (χ3v) is 2.18. The molecule has 1 aromatic rings. The van der Waals surface area contributed by atoms with E-state index in [9.17, 15) is 9.90 Å². The summed E-state index contributed by atoms with van der Waals surface area (Å²) in [7, 11) is 0. The van der Waals surface area contributed by atoms with Crippen molar-refractivity contribution in [3.05, 3.63) is 42.0 Å². The van der Waals surface area contributed by atoms with Gasteiger partial charge in [0.15, 0.2) is 11.5 Å². The van der Waals surface area contributed by atoms with Crippen LogP contribution in [0.1, 0.15) is 18.9 Å². The Morgan fingerprint density at radius 1 is 1.39 bits per heavy atom. The first kappa shape index (κ1) is 13.8. The standard InChI is InChI=1S/C14H16O4/c1-10(2)7-8-18-14(17)6-4-11-3-5-12(15)13(16)9-11/h3-6,9,15-16H,1,7-8H2,2H3/b6-4-. The SMILES string of the molecule is C=C(C)CCOC(=O)/C=C\c1ccc(O)c(O)c1. The molecule has 0 saturated carbocycles. The van der Waals surface area contributed by atoms with Crippen molar-refractivity contribution in [3.63, 3.8) is 0 Å². The van der Waals surface area contributed by atoms with Gasteiger partial charge >= 0.3 is 5.97 Å². The molecule has 0 radical (unpaired) electrons. The average molecular weight is 248 g/mol. The minimum absolute atomic E-state index is 0.198. The van der Waals surface area contributed by atoms with Gasteiger partial charge < -0.3 is 14.9 Å². The molecule has 4 nitrogen and oxygen atoms in total. The summed E-state index contributed by atoms with van der Waals surface area (Å²) in [6.07, 6.45) is 3.41. The molecule has 0 saturated heterocycles. The fraction of sp³-hybridized carbons (Fsp3) is 0.214. The van der Waals surface area contributed by atoms with Crippen molar-refractivity contribution in [1.82, 2.24) is 0 Å². The minimum Gasteiger partial charge on any atom is -0.504 e. The van der Waals surface area contributed by atoms with Crippen LogP contribution in [-0.4, -0.2) is 22.8 Å². The monoisotopic (exact) mass is 248 g/mol. The summed E-state index contributed by atoms with van der Waals surface area (Å²) in [5, 5.41) is 18.4. The van der Waals surface area contributed by atoms with E-state index >= 15 is 0 Å². The average Bonchev–Trinajstić information content (AvgIpc) is 2.30. The van der Waals surface area contributed by atoms with E-state index < -0.39 is 5.97 Å². The van der Waals surface area contributed by atoms with E-state index in [0.717, 1.165) is 5.57 Å². The number of ether oxygens (including phenoxy) is 1. The number of hydrogen-bond donors (Lipinski definition) is 2. The molecule has 0 atom stereocenters. The molecule has 0 aliphatic rings. The van der Waals surface area contributed by atoms with E-state index in [1.54, 1.807) is 6.07 Å². The van der Waals surface area contributed by atoms with Gasteiger partial charge in [0.05, 0.1) is 6.61 Å². The van der Waals surface area contributed by atoms with E-state index in [1.807, 2.05) is 6.92 Å². The van der Waals surface area contributed by atoms with Crippen molar-refractivity contribution >= 4 is 12.0 Å². The molecule has 0 heterocycles. The zero-order valence-corrected chi connectivity index (χ0v) is 10.2. The van der Waals surface area contributed by atoms with Crippen LogP contribution in [0.25, 0.3) is 6.08 Å². The molecule has 0 aliphatic heterocycles. The van der Waals surface area contributed by atoms with Crippen molar-refractivity contribution in [2.45, 2.75) is 13.3 Å². The number of esters is 1. The Kier molecular flexibility index (Phi) is 4.99. The summed E-state index contributed by atoms with van der Waals surface area (Å²) >= 11 is 0. The quantitative estimate of drug-likeness (QED) is 0.364. The third kappa shape index (κ3) is 4.74. The normalized spacial score (nSPS) is 10.5. The van der Waals surface area contributed by atoms with E-state index in [1.165, 1.54) is 24.3 Å². The highest BCUT2D eigenvalue weighted by Gasteiger charge is 2.00. The van der Waals surface area contributed by atoms with Gasteiger partial charge in [-0.2, -0.15) is 0 Å². The Morgan fingerprint density at radius 3 is 2.72 bits per heavy atom. The molecule has 1 rings (SSSR count). The smallest absolute Gasteiger partial charge is 0.330 e. The second-order valence-corrected chi connectivity index (χ2v) is 3.96. The van der Waals surface area contributed by atoms with Gasteiger partial charge in [-0.25, -0.2) is 4.79 Å². The summed E-state index contributed by atoms with van der Waals surface area (Å²) in [6.45, 7) is 5.87. The predicted molar refractivity (Wildman–Crippen MR) is 69.2 cm³/mol. The van der Waals surface area contributed by atoms with Gasteiger partial charge in [0.2, 0.25) is 0 Å². The lowest BCUT2D eigenvalue weighted by Gasteiger charge is -2.01. The number of phenols is 2. The van der Waals surface area contributed by atoms with Crippen molar-refractivity contribution < 1.29 is 19.7 Å². The van der Waals surface area contributed by atoms with Crippen LogP contribution in [0.4, 0.5) is 0 Å². The molecule has 0 aliphatic carbocycles. The Morgan fingerprint density at radius 2 is 2.11 bits per heavy atom. The lowest BCUT2D eigenvalue weighted by Crippen LogP contribution is -2.02. The van der Waals surface area contributed by atoms with Gasteiger partial charge in [-0.05, 0) is 30.7 Å². The number of carbonyl (C=O) groups excluding carboxylic acids is 1. The molecule has 0 aromatic heterocycles. The van der Waals surface area contributed by atoms with Gasteiger partial charge in [0.25, 0.3) is 0 Å². The zero-order valence-electron chi connectivity index (χ0n) is 10.2. The zero-order chi connectivity index (χ0) is 13.5. The largest absolute Gasteiger partial charge is 0.504 e. The maximum Gasteiger partial charge on any atom is 0.330 e. The maximum absolute atomic E-state index is 11.3. The highest BCUT2D eigenvalue weighted by Crippen LogP contribution is 2.25. The van der Waals surface area contributed by atoms with Crippen molar-refractivity contribution in [2.24, 2.45) is 0 Å². The van der Waals surface area contributed by atoms with Gasteiger partial charge in [0.1, 0.15) is 0 Å². The Hall–Kier alpha value is -2.23. The maximum atomic E-state index is 11.3. The fourth-order valence-electron chi connectivity index (χ4n) is 1.18. The third-order valence-electron chi connectivity index (χ3n) is 2.18. The molecule has 2 N–H and O–H groups in total. The minimum atomic E-state index is -0.455. The molecule has 1 aromatic carbocycles. The topological polar surface area (TPSA) is 66.8 Å². The Balaban J connectivity index is 2.50. The second kappa shape index (κ2) is 6.49. The lowest BCUT2D eigenvalue weighted by molar-refractivity contribution is -0.137. The predicted octanol–water partition coefficient (Wildman–Crippen LogP) is 2.62. The van der Waals surface area contributed by atoms with Crippen molar-refractivity contribution in [2.75, 3.05) is 6.61 Å². The summed E-state index contributed by atoms with van der Waals surface area (Å²) in [4.78, 5) is 11.3. The van der Waals surface area contributed by atoms with Gasteiger partial charge in [-0.15, -0.1) is 6.58 Å². The number of carbonyl (C=O) groups is 1. The molecule has 0 amide bonds. The van der Waals surface area contributed by atoms with Crippen molar-refractivity contribution in [1.29, 1.82) is 0 Å². The molecular weight excluding hydrogens is 232 g/mol. The second-order valence-electron chi connectivity index (χ2n) is 3.96. The first-order chi connectivity index (χ1) is 8.49. The molecular formula is C14H16O4. The highest BCUT2D eigenvalue weighted by molar-refractivity contribution is 5.87. The fourth-order valence-corrected chi connectivity index (χ4v) is 1.18. The van der Waals surface area contributed by atoms with E-state index in [2.05, 4.69) is 6.58 Å². The highest BCUT2D eigenvalue weighted by atomic mass is 16.5. The number of benzene rings is 1. The summed E-state index contributed by atoms with van der Waals surface area (Å²) in [6, 6.07) is 4.28. The number of phenolic OH excluding ortho intramolecular Hbond substituents is 2. The Labute approximate surface area is 106 Å².